The zero-order chi connectivity index (χ0) is 14.9. The summed E-state index contributed by atoms with van der Waals surface area (Å²) in [6.45, 7) is -0.0509. The lowest BCUT2D eigenvalue weighted by atomic mass is 10.0. The molecule has 0 bridgehead atoms. The highest BCUT2D eigenvalue weighted by Crippen LogP contribution is 2.19. The van der Waals surface area contributed by atoms with Gasteiger partial charge in [-0.1, -0.05) is 0 Å². The Morgan fingerprint density at radius 1 is 1.69 bits per heavy atom. The Kier molecular flexibility index (Phi) is 1.15. The Morgan fingerprint density at radius 3 is 3.00 bits per heavy atom. The first kappa shape index (κ1) is 3.97. The zero-order valence-corrected chi connectivity index (χ0v) is 7.10. The van der Waals surface area contributed by atoms with E-state index in [-0.39, 0.29) is 28.4 Å². The van der Waals surface area contributed by atoms with Gasteiger partial charge in [-0.05, 0) is 48.6 Å². The number of anilines is 1. The minimum absolute atomic E-state index is 0.00467. The predicted octanol–water partition coefficient (Wildman–Crippen LogP) is 2.42. The smallest absolute Gasteiger partial charge is 0.0912 e. The summed E-state index contributed by atoms with van der Waals surface area (Å²) in [5.41, 5.74) is 5.59. The minimum atomic E-state index is -1.53. The Hall–Kier alpha value is -1.75. The molecule has 0 radical (unpaired) electrons. The van der Waals surface area contributed by atoms with Gasteiger partial charge in [0, 0.05) is 14.5 Å². The molecule has 0 saturated carbocycles. The topological polar surface area (TPSA) is 49.8 Å². The SMILES string of the molecule is [2H]/C(C#N)=C(/[2H])c1c([2H])c(C)c(N)c(C([2H])[2H])c1[2H]. The van der Waals surface area contributed by atoms with Gasteiger partial charge in [-0.2, -0.15) is 5.26 Å². The van der Waals surface area contributed by atoms with E-state index in [1.54, 1.807) is 0 Å². The van der Waals surface area contributed by atoms with E-state index in [1.807, 2.05) is 0 Å². The van der Waals surface area contributed by atoms with Gasteiger partial charge in [0.25, 0.3) is 0 Å². The summed E-state index contributed by atoms with van der Waals surface area (Å²) < 4.78 is 45.4. The van der Waals surface area contributed by atoms with Crippen molar-refractivity contribution in [2.75, 3.05) is 5.73 Å². The highest BCUT2D eigenvalue weighted by molar-refractivity contribution is 5.62. The van der Waals surface area contributed by atoms with Crippen LogP contribution in [0.15, 0.2) is 18.1 Å². The van der Waals surface area contributed by atoms with Crippen LogP contribution in [0.2, 0.25) is 0 Å². The number of benzene rings is 1. The number of nitrogens with two attached hydrogens (primary N) is 1. The number of nitrogens with zero attached hydrogens (tertiary/aromatic N) is 1. The van der Waals surface area contributed by atoms with Gasteiger partial charge in [0.2, 0.25) is 0 Å². The highest BCUT2D eigenvalue weighted by atomic mass is 14.6. The summed E-state index contributed by atoms with van der Waals surface area (Å²) in [6.07, 6.45) is 0. The molecule has 1 rings (SSSR count). The molecule has 0 aliphatic rings. The zero-order valence-electron chi connectivity index (χ0n) is 13.1. The summed E-state index contributed by atoms with van der Waals surface area (Å²) in [4.78, 5) is 0. The molecule has 0 spiro atoms. The van der Waals surface area contributed by atoms with E-state index in [4.69, 9.17) is 19.2 Å². The average Bonchev–Trinajstić information content (AvgIpc) is 2.34. The number of rotatable bonds is 1. The lowest BCUT2D eigenvalue weighted by Gasteiger charge is -2.05. The van der Waals surface area contributed by atoms with E-state index in [0.717, 1.165) is 0 Å². The molecule has 13 heavy (non-hydrogen) atoms. The van der Waals surface area contributed by atoms with Gasteiger partial charge >= 0.3 is 0 Å². The van der Waals surface area contributed by atoms with Crippen LogP contribution in [0.25, 0.3) is 6.05 Å². The first-order valence-corrected chi connectivity index (χ1v) is 3.55. The van der Waals surface area contributed by atoms with E-state index < -0.39 is 25.0 Å². The third-order valence-corrected chi connectivity index (χ3v) is 1.51. The van der Waals surface area contributed by atoms with Crippen LogP contribution in [0.1, 0.15) is 24.9 Å². The summed E-state index contributed by atoms with van der Waals surface area (Å²) in [6, 6.07) is -0.411. The first-order chi connectivity index (χ1) is 8.73. The van der Waals surface area contributed by atoms with Crippen molar-refractivity contribution < 1.29 is 8.22 Å². The van der Waals surface area contributed by atoms with Crippen LogP contribution >= 0.6 is 0 Å². The third-order valence-electron chi connectivity index (χ3n) is 1.51. The van der Waals surface area contributed by atoms with Crippen LogP contribution in [-0.4, -0.2) is 0 Å². The first-order valence-electron chi connectivity index (χ1n) is 6.71. The molecular weight excluding hydrogens is 160 g/mol. The fraction of sp³-hybridized carbons (Fsp3) is 0.182. The van der Waals surface area contributed by atoms with Gasteiger partial charge in [0.1, 0.15) is 0 Å². The molecule has 0 amide bonds. The largest absolute Gasteiger partial charge is 0.398 e. The molecule has 2 nitrogen and oxygen atoms in total. The number of hydrogen-bond donors (Lipinski definition) is 1. The minimum Gasteiger partial charge on any atom is -0.398 e. The second-order valence-corrected chi connectivity index (χ2v) is 2.44. The van der Waals surface area contributed by atoms with E-state index in [0.29, 0.717) is 0 Å². The van der Waals surface area contributed by atoms with Gasteiger partial charge in [-0.15, -0.1) is 0 Å². The van der Waals surface area contributed by atoms with Gasteiger partial charge in [0.05, 0.1) is 11.6 Å². The van der Waals surface area contributed by atoms with Gasteiger partial charge < -0.3 is 5.73 Å². The Bertz CT molecular complexity index is 600. The molecule has 1 aromatic rings. The van der Waals surface area contributed by atoms with E-state index in [9.17, 15) is 0 Å². The maximum atomic E-state index is 8.61. The maximum absolute atomic E-state index is 8.61. The molecule has 0 aliphatic heterocycles. The van der Waals surface area contributed by atoms with Gasteiger partial charge in [-0.25, -0.2) is 0 Å². The normalized spacial score (nSPS) is 18.5. The molecular formula is C11H12N2. The van der Waals surface area contributed by atoms with E-state index in [1.165, 1.54) is 13.0 Å². The molecule has 0 fully saturated rings. The molecule has 1 aromatic carbocycles. The van der Waals surface area contributed by atoms with Crippen LogP contribution < -0.4 is 5.73 Å². The summed E-state index contributed by atoms with van der Waals surface area (Å²) in [5.74, 6) is 0. The lowest BCUT2D eigenvalue weighted by Crippen LogP contribution is -1.93. The summed E-state index contributed by atoms with van der Waals surface area (Å²) in [5, 5.41) is 8.61. The summed E-state index contributed by atoms with van der Waals surface area (Å²) in [7, 11) is 0. The van der Waals surface area contributed by atoms with Crippen LogP contribution in [0.5, 0.6) is 0 Å². The second-order valence-electron chi connectivity index (χ2n) is 2.44. The van der Waals surface area contributed by atoms with E-state index >= 15 is 0 Å². The van der Waals surface area contributed by atoms with E-state index in [2.05, 4.69) is 0 Å². The molecule has 66 valence electrons. The Labute approximate surface area is 86.7 Å². The number of allylic oxidation sites excluding steroid dienone is 1. The Balaban J connectivity index is 3.83. The van der Waals surface area contributed by atoms with Crippen molar-refractivity contribution >= 4 is 11.7 Å². The number of hydrogen-bond acceptors (Lipinski definition) is 2. The van der Waals surface area contributed by atoms with Crippen molar-refractivity contribution in [2.24, 2.45) is 0 Å². The highest BCUT2D eigenvalue weighted by Gasteiger charge is 1.98. The Morgan fingerprint density at radius 2 is 2.38 bits per heavy atom. The molecule has 0 atom stereocenters. The van der Waals surface area contributed by atoms with Gasteiger partial charge in [-0.3, -0.25) is 0 Å². The van der Waals surface area contributed by atoms with Crippen LogP contribution in [-0.2, 0) is 0 Å². The monoisotopic (exact) mass is 178 g/mol. The van der Waals surface area contributed by atoms with Crippen molar-refractivity contribution in [1.29, 1.82) is 5.26 Å². The van der Waals surface area contributed by atoms with Crippen molar-refractivity contribution in [3.63, 3.8) is 0 Å². The van der Waals surface area contributed by atoms with Crippen LogP contribution in [0, 0.1) is 25.1 Å². The van der Waals surface area contributed by atoms with Crippen molar-refractivity contribution in [3.05, 3.63) is 34.8 Å². The maximum Gasteiger partial charge on any atom is 0.0912 e. The second kappa shape index (κ2) is 3.77. The quantitative estimate of drug-likeness (QED) is 0.530. The van der Waals surface area contributed by atoms with Crippen LogP contribution in [0.4, 0.5) is 5.69 Å². The van der Waals surface area contributed by atoms with Gasteiger partial charge in [0.15, 0.2) is 0 Å². The molecule has 0 aromatic heterocycles. The summed E-state index contributed by atoms with van der Waals surface area (Å²) >= 11 is 0. The average molecular weight is 178 g/mol. The molecule has 2 N–H and O–H groups in total. The van der Waals surface area contributed by atoms with Crippen LogP contribution in [0.3, 0.4) is 0 Å². The predicted molar refractivity (Wildman–Crippen MR) is 55.0 cm³/mol. The molecule has 0 unspecified atom stereocenters. The molecule has 2 heteroatoms. The fourth-order valence-electron chi connectivity index (χ4n) is 0.843. The standard InChI is InChI=1S/C11H12N2/c1-8-6-10(4-3-5-12)7-9(2)11(8)13/h3-4,6-7H,13H2,1-2H3/b4-3+/i1D2,3D,4D,6D,7D. The molecule has 0 saturated heterocycles. The number of nitriles is 1. The number of nitrogen functional groups attached to an aromatic ring is 1. The van der Waals surface area contributed by atoms with Crippen molar-refractivity contribution in [2.45, 2.75) is 13.8 Å². The van der Waals surface area contributed by atoms with Crippen molar-refractivity contribution in [1.82, 2.24) is 0 Å². The molecule has 0 aliphatic carbocycles. The molecule has 0 heterocycles. The van der Waals surface area contributed by atoms with Crippen molar-refractivity contribution in [3.8, 4) is 6.07 Å². The third kappa shape index (κ3) is 2.09. The lowest BCUT2D eigenvalue weighted by molar-refractivity contribution is 1.38. The fourth-order valence-corrected chi connectivity index (χ4v) is 0.843.